The van der Waals surface area contributed by atoms with Crippen molar-refractivity contribution in [3.05, 3.63) is 29.8 Å². The lowest BCUT2D eigenvalue weighted by atomic mass is 10.2. The van der Waals surface area contributed by atoms with E-state index < -0.39 is 5.97 Å². The number of amides is 1. The maximum atomic E-state index is 12.2. The number of ether oxygens (including phenoxy) is 3. The highest BCUT2D eigenvalue weighted by Crippen LogP contribution is 2.28. The van der Waals surface area contributed by atoms with Gasteiger partial charge >= 0.3 is 5.97 Å². The van der Waals surface area contributed by atoms with Crippen LogP contribution in [-0.4, -0.2) is 49.7 Å². The Balaban J connectivity index is 2.06. The van der Waals surface area contributed by atoms with Crippen LogP contribution in [0.15, 0.2) is 24.3 Å². The molecule has 0 saturated carbocycles. The third-order valence-electron chi connectivity index (χ3n) is 3.41. The number of benzene rings is 1. The number of rotatable bonds is 4. The predicted molar refractivity (Wildman–Crippen MR) is 85.3 cm³/mol. The molecule has 6 heteroatoms. The average molecular weight is 319 g/mol. The molecule has 124 valence electrons. The second-order valence-corrected chi connectivity index (χ2v) is 5.30. The van der Waals surface area contributed by atoms with Crippen LogP contribution in [0.2, 0.25) is 0 Å². The van der Waals surface area contributed by atoms with E-state index in [0.29, 0.717) is 31.2 Å². The summed E-state index contributed by atoms with van der Waals surface area (Å²) in [5.41, 5.74) is 0.785. The number of hydrogen-bond acceptors (Lipinski definition) is 5. The fraction of sp³-hybridized carbons (Fsp3) is 0.412. The van der Waals surface area contributed by atoms with Crippen molar-refractivity contribution in [2.45, 2.75) is 20.0 Å². The highest BCUT2D eigenvalue weighted by atomic mass is 16.6. The van der Waals surface area contributed by atoms with Crippen LogP contribution in [0, 0.1) is 0 Å². The van der Waals surface area contributed by atoms with Crippen molar-refractivity contribution in [2.75, 3.05) is 26.8 Å². The van der Waals surface area contributed by atoms with Crippen molar-refractivity contribution in [3.8, 4) is 11.5 Å². The molecule has 1 heterocycles. The lowest BCUT2D eigenvalue weighted by Crippen LogP contribution is -2.43. The maximum Gasteiger partial charge on any atom is 0.308 e. The summed E-state index contributed by atoms with van der Waals surface area (Å²) < 4.78 is 15.7. The maximum absolute atomic E-state index is 12.2. The molecule has 1 amide bonds. The van der Waals surface area contributed by atoms with Gasteiger partial charge in [-0.15, -0.1) is 0 Å². The van der Waals surface area contributed by atoms with Crippen LogP contribution < -0.4 is 9.47 Å². The van der Waals surface area contributed by atoms with Gasteiger partial charge in [0.05, 0.1) is 19.8 Å². The molecule has 1 aromatic carbocycles. The van der Waals surface area contributed by atoms with Crippen LogP contribution in [0.3, 0.4) is 0 Å². The molecular weight excluding hydrogens is 298 g/mol. The zero-order valence-corrected chi connectivity index (χ0v) is 13.6. The summed E-state index contributed by atoms with van der Waals surface area (Å²) >= 11 is 0. The molecule has 0 aromatic heterocycles. The monoisotopic (exact) mass is 319 g/mol. The van der Waals surface area contributed by atoms with Crippen LogP contribution in [0.25, 0.3) is 6.08 Å². The number of morpholine rings is 1. The van der Waals surface area contributed by atoms with Crippen molar-refractivity contribution in [3.63, 3.8) is 0 Å². The number of carbonyl (C=O) groups excluding carboxylic acids is 2. The summed E-state index contributed by atoms with van der Waals surface area (Å²) in [7, 11) is 1.50. The van der Waals surface area contributed by atoms with E-state index in [9.17, 15) is 9.59 Å². The van der Waals surface area contributed by atoms with E-state index in [1.807, 2.05) is 6.92 Å². The van der Waals surface area contributed by atoms with E-state index in [2.05, 4.69) is 0 Å². The number of nitrogens with zero attached hydrogens (tertiary/aromatic N) is 1. The standard InChI is InChI=1S/C17H21NO5/c1-12-11-18(8-9-22-12)17(20)7-5-14-4-6-15(23-13(2)19)16(10-14)21-3/h4-7,10,12H,8-9,11H2,1-3H3. The lowest BCUT2D eigenvalue weighted by molar-refractivity contribution is -0.133. The van der Waals surface area contributed by atoms with E-state index in [4.69, 9.17) is 14.2 Å². The lowest BCUT2D eigenvalue weighted by Gasteiger charge is -2.30. The minimum Gasteiger partial charge on any atom is -0.493 e. The Labute approximate surface area is 135 Å². The Morgan fingerprint density at radius 2 is 2.13 bits per heavy atom. The van der Waals surface area contributed by atoms with Crippen LogP contribution >= 0.6 is 0 Å². The molecule has 0 radical (unpaired) electrons. The van der Waals surface area contributed by atoms with Gasteiger partial charge in [-0.05, 0) is 30.7 Å². The van der Waals surface area contributed by atoms with Crippen molar-refractivity contribution in [2.24, 2.45) is 0 Å². The first-order valence-corrected chi connectivity index (χ1v) is 7.44. The second-order valence-electron chi connectivity index (χ2n) is 5.30. The normalized spacial score (nSPS) is 18.0. The van der Waals surface area contributed by atoms with Gasteiger partial charge in [0.25, 0.3) is 0 Å². The molecular formula is C17H21NO5. The van der Waals surface area contributed by atoms with E-state index in [1.165, 1.54) is 20.1 Å². The SMILES string of the molecule is COc1cc(C=CC(=O)N2CCOC(C)C2)ccc1OC(C)=O. The first kappa shape index (κ1) is 17.0. The first-order valence-electron chi connectivity index (χ1n) is 7.44. The van der Waals surface area contributed by atoms with Crippen molar-refractivity contribution in [1.29, 1.82) is 0 Å². The summed E-state index contributed by atoms with van der Waals surface area (Å²) in [6, 6.07) is 5.11. The van der Waals surface area contributed by atoms with Crippen molar-refractivity contribution >= 4 is 18.0 Å². The van der Waals surface area contributed by atoms with Gasteiger partial charge in [0, 0.05) is 26.1 Å². The van der Waals surface area contributed by atoms with Crippen LogP contribution in [0.4, 0.5) is 0 Å². The molecule has 0 N–H and O–H groups in total. The minimum atomic E-state index is -0.414. The summed E-state index contributed by atoms with van der Waals surface area (Å²) in [4.78, 5) is 25.0. The van der Waals surface area contributed by atoms with E-state index in [-0.39, 0.29) is 12.0 Å². The molecule has 6 nitrogen and oxygen atoms in total. The summed E-state index contributed by atoms with van der Waals surface area (Å²) in [6.07, 6.45) is 3.30. The van der Waals surface area contributed by atoms with Gasteiger partial charge in [-0.3, -0.25) is 9.59 Å². The Kier molecular flexibility index (Phi) is 5.76. The summed E-state index contributed by atoms with van der Waals surface area (Å²) in [5, 5.41) is 0. The van der Waals surface area contributed by atoms with Crippen molar-refractivity contribution in [1.82, 2.24) is 4.90 Å². The largest absolute Gasteiger partial charge is 0.493 e. The van der Waals surface area contributed by atoms with E-state index in [0.717, 1.165) is 5.56 Å². The Morgan fingerprint density at radius 3 is 2.78 bits per heavy atom. The van der Waals surface area contributed by atoms with Gasteiger partial charge in [-0.1, -0.05) is 6.07 Å². The van der Waals surface area contributed by atoms with Crippen LogP contribution in [0.1, 0.15) is 19.4 Å². The molecule has 1 fully saturated rings. The molecule has 0 spiro atoms. The van der Waals surface area contributed by atoms with Crippen LogP contribution in [0.5, 0.6) is 11.5 Å². The highest BCUT2D eigenvalue weighted by molar-refractivity contribution is 5.92. The third kappa shape index (κ3) is 4.82. The predicted octanol–water partition coefficient (Wildman–Crippen LogP) is 1.88. The Bertz CT molecular complexity index is 611. The van der Waals surface area contributed by atoms with E-state index in [1.54, 1.807) is 29.2 Å². The molecule has 1 aliphatic heterocycles. The average Bonchev–Trinajstić information content (AvgIpc) is 2.53. The van der Waals surface area contributed by atoms with Gasteiger partial charge in [-0.2, -0.15) is 0 Å². The van der Waals surface area contributed by atoms with E-state index >= 15 is 0 Å². The molecule has 1 unspecified atom stereocenters. The molecule has 1 aromatic rings. The molecule has 2 rings (SSSR count). The number of carbonyl (C=O) groups is 2. The summed E-state index contributed by atoms with van der Waals surface area (Å²) in [6.45, 7) is 5.03. The smallest absolute Gasteiger partial charge is 0.308 e. The Morgan fingerprint density at radius 1 is 1.35 bits per heavy atom. The molecule has 0 bridgehead atoms. The van der Waals surface area contributed by atoms with Gasteiger partial charge in [0.2, 0.25) is 5.91 Å². The number of hydrogen-bond donors (Lipinski definition) is 0. The third-order valence-corrected chi connectivity index (χ3v) is 3.41. The summed E-state index contributed by atoms with van der Waals surface area (Å²) in [5.74, 6) is 0.326. The number of esters is 1. The van der Waals surface area contributed by atoms with Crippen molar-refractivity contribution < 1.29 is 23.8 Å². The first-order chi connectivity index (χ1) is 11.0. The van der Waals surface area contributed by atoms with Gasteiger partial charge < -0.3 is 19.1 Å². The molecule has 1 atom stereocenters. The highest BCUT2D eigenvalue weighted by Gasteiger charge is 2.19. The molecule has 1 aliphatic rings. The fourth-order valence-corrected chi connectivity index (χ4v) is 2.32. The number of methoxy groups -OCH3 is 1. The topological polar surface area (TPSA) is 65.1 Å². The van der Waals surface area contributed by atoms with Gasteiger partial charge in [0.15, 0.2) is 11.5 Å². The molecule has 0 aliphatic carbocycles. The minimum absolute atomic E-state index is 0.0526. The fourth-order valence-electron chi connectivity index (χ4n) is 2.32. The molecule has 1 saturated heterocycles. The zero-order chi connectivity index (χ0) is 16.8. The zero-order valence-electron chi connectivity index (χ0n) is 13.6. The van der Waals surface area contributed by atoms with Crippen LogP contribution in [-0.2, 0) is 14.3 Å². The van der Waals surface area contributed by atoms with Gasteiger partial charge in [0.1, 0.15) is 0 Å². The Hall–Kier alpha value is -2.34. The van der Waals surface area contributed by atoms with Gasteiger partial charge in [-0.25, -0.2) is 0 Å². The second kappa shape index (κ2) is 7.78. The molecule has 23 heavy (non-hydrogen) atoms. The quantitative estimate of drug-likeness (QED) is 0.482.